The van der Waals surface area contributed by atoms with E-state index in [0.717, 1.165) is 25.9 Å². The molecule has 0 saturated heterocycles. The Morgan fingerprint density at radius 2 is 2.10 bits per heavy atom. The van der Waals surface area contributed by atoms with Crippen molar-refractivity contribution in [2.75, 3.05) is 13.2 Å². The minimum Gasteiger partial charge on any atom is -0.378 e. The van der Waals surface area contributed by atoms with Crippen LogP contribution in [0.3, 0.4) is 0 Å². The van der Waals surface area contributed by atoms with E-state index >= 15 is 0 Å². The van der Waals surface area contributed by atoms with Gasteiger partial charge in [0.2, 0.25) is 5.91 Å². The van der Waals surface area contributed by atoms with Gasteiger partial charge in [-0.15, -0.1) is 0 Å². The van der Waals surface area contributed by atoms with Gasteiger partial charge in [0.1, 0.15) is 0 Å². The number of hydrogen-bond acceptors (Lipinski definition) is 3. The molecule has 0 spiro atoms. The summed E-state index contributed by atoms with van der Waals surface area (Å²) in [6.45, 7) is 3.23. The van der Waals surface area contributed by atoms with E-state index in [9.17, 15) is 4.79 Å². The summed E-state index contributed by atoms with van der Waals surface area (Å²) in [5, 5.41) is 3.06. The first-order valence-corrected chi connectivity index (χ1v) is 7.86. The van der Waals surface area contributed by atoms with Crippen LogP contribution in [0.25, 0.3) is 0 Å². The van der Waals surface area contributed by atoms with Gasteiger partial charge in [-0.2, -0.15) is 0 Å². The van der Waals surface area contributed by atoms with Crippen LogP contribution in [0.5, 0.6) is 0 Å². The van der Waals surface area contributed by atoms with E-state index in [4.69, 9.17) is 10.5 Å². The zero-order chi connectivity index (χ0) is 15.1. The van der Waals surface area contributed by atoms with Crippen molar-refractivity contribution in [3.8, 4) is 0 Å². The average Bonchev–Trinajstić information content (AvgIpc) is 2.45. The van der Waals surface area contributed by atoms with E-state index in [1.165, 1.54) is 5.56 Å². The maximum absolute atomic E-state index is 12.1. The molecule has 0 aliphatic heterocycles. The van der Waals surface area contributed by atoms with Crippen molar-refractivity contribution in [1.82, 2.24) is 5.32 Å². The minimum atomic E-state index is 0.0164. The lowest BCUT2D eigenvalue weighted by atomic mass is 9.80. The monoisotopic (exact) mass is 290 g/mol. The highest BCUT2D eigenvalue weighted by Gasteiger charge is 2.31. The van der Waals surface area contributed by atoms with Gasteiger partial charge in [0.15, 0.2) is 0 Å². The summed E-state index contributed by atoms with van der Waals surface area (Å²) in [7, 11) is 0. The molecule has 1 aromatic carbocycles. The second-order valence-electron chi connectivity index (χ2n) is 5.81. The van der Waals surface area contributed by atoms with Crippen LogP contribution in [0.4, 0.5) is 0 Å². The predicted molar refractivity (Wildman–Crippen MR) is 83.9 cm³/mol. The Kier molecular flexibility index (Phi) is 6.21. The molecule has 3 N–H and O–H groups in total. The van der Waals surface area contributed by atoms with Crippen molar-refractivity contribution in [3.05, 3.63) is 35.9 Å². The molecule has 1 unspecified atom stereocenters. The molecule has 116 valence electrons. The standard InChI is InChI=1S/C17H26N2O2/c1-2-21-16-9-14(10-16)11-17(20)19-15(12-18)8-13-6-4-3-5-7-13/h3-7,14-16H,2,8-12,18H2,1H3,(H,19,20). The van der Waals surface area contributed by atoms with Crippen LogP contribution in [0.2, 0.25) is 0 Å². The number of hydrogen-bond donors (Lipinski definition) is 2. The summed E-state index contributed by atoms with van der Waals surface area (Å²) >= 11 is 0. The third kappa shape index (κ3) is 5.14. The van der Waals surface area contributed by atoms with Gasteiger partial charge in [0.05, 0.1) is 6.10 Å². The van der Waals surface area contributed by atoms with Crippen LogP contribution in [-0.4, -0.2) is 31.2 Å². The van der Waals surface area contributed by atoms with Crippen molar-refractivity contribution in [3.63, 3.8) is 0 Å². The highest BCUT2D eigenvalue weighted by atomic mass is 16.5. The van der Waals surface area contributed by atoms with Gasteiger partial charge in [0, 0.05) is 25.6 Å². The Labute approximate surface area is 127 Å². The number of nitrogens with one attached hydrogen (secondary N) is 1. The molecule has 0 heterocycles. The van der Waals surface area contributed by atoms with Crippen molar-refractivity contribution in [2.45, 2.75) is 44.8 Å². The largest absolute Gasteiger partial charge is 0.378 e. The van der Waals surface area contributed by atoms with E-state index in [1.54, 1.807) is 0 Å². The summed E-state index contributed by atoms with van der Waals surface area (Å²) in [4.78, 5) is 12.1. The molecule has 0 aromatic heterocycles. The van der Waals surface area contributed by atoms with Crippen LogP contribution in [0.1, 0.15) is 31.7 Å². The lowest BCUT2D eigenvalue weighted by Gasteiger charge is -2.34. The third-order valence-electron chi connectivity index (χ3n) is 4.04. The number of carbonyl (C=O) groups is 1. The van der Waals surface area contributed by atoms with E-state index in [-0.39, 0.29) is 11.9 Å². The van der Waals surface area contributed by atoms with Gasteiger partial charge in [0.25, 0.3) is 0 Å². The fourth-order valence-electron chi connectivity index (χ4n) is 2.85. The summed E-state index contributed by atoms with van der Waals surface area (Å²) in [6.07, 6.45) is 3.76. The van der Waals surface area contributed by atoms with Gasteiger partial charge in [-0.25, -0.2) is 0 Å². The average molecular weight is 290 g/mol. The molecule has 1 saturated carbocycles. The number of nitrogens with two attached hydrogens (primary N) is 1. The Morgan fingerprint density at radius 3 is 2.71 bits per heavy atom. The summed E-state index contributed by atoms with van der Waals surface area (Å²) in [5.74, 6) is 0.582. The lowest BCUT2D eigenvalue weighted by molar-refractivity contribution is -0.124. The summed E-state index contributed by atoms with van der Waals surface area (Å²) < 4.78 is 5.52. The SMILES string of the molecule is CCOC1CC(CC(=O)NC(CN)Cc2ccccc2)C1. The van der Waals surface area contributed by atoms with Gasteiger partial charge in [-0.3, -0.25) is 4.79 Å². The van der Waals surface area contributed by atoms with Crippen molar-refractivity contribution >= 4 is 5.91 Å². The molecule has 0 radical (unpaired) electrons. The highest BCUT2D eigenvalue weighted by molar-refractivity contribution is 5.76. The van der Waals surface area contributed by atoms with Crippen LogP contribution in [0, 0.1) is 5.92 Å². The normalized spacial score (nSPS) is 22.4. The van der Waals surface area contributed by atoms with Crippen molar-refractivity contribution in [2.24, 2.45) is 11.7 Å². The Balaban J connectivity index is 1.71. The molecule has 1 fully saturated rings. The molecular weight excluding hydrogens is 264 g/mol. The minimum absolute atomic E-state index is 0.0164. The number of rotatable bonds is 8. The first kappa shape index (κ1) is 16.0. The molecule has 1 amide bonds. The second-order valence-corrected chi connectivity index (χ2v) is 5.81. The van der Waals surface area contributed by atoms with Crippen LogP contribution >= 0.6 is 0 Å². The number of amides is 1. The molecule has 4 heteroatoms. The molecule has 1 aliphatic rings. The van der Waals surface area contributed by atoms with E-state index in [0.29, 0.717) is 25.0 Å². The molecule has 0 bridgehead atoms. The maximum Gasteiger partial charge on any atom is 0.220 e. The molecular formula is C17H26N2O2. The van der Waals surface area contributed by atoms with Crippen molar-refractivity contribution < 1.29 is 9.53 Å². The van der Waals surface area contributed by atoms with E-state index in [2.05, 4.69) is 17.4 Å². The molecule has 21 heavy (non-hydrogen) atoms. The predicted octanol–water partition coefficient (Wildman–Crippen LogP) is 1.88. The highest BCUT2D eigenvalue weighted by Crippen LogP contribution is 2.32. The number of benzene rings is 1. The zero-order valence-electron chi connectivity index (χ0n) is 12.8. The van der Waals surface area contributed by atoms with Gasteiger partial charge < -0.3 is 15.8 Å². The van der Waals surface area contributed by atoms with Gasteiger partial charge in [-0.05, 0) is 37.7 Å². The zero-order valence-corrected chi connectivity index (χ0v) is 12.8. The lowest BCUT2D eigenvalue weighted by Crippen LogP contribution is -2.43. The summed E-state index contributed by atoms with van der Waals surface area (Å²) in [5.41, 5.74) is 6.98. The molecule has 1 aliphatic carbocycles. The van der Waals surface area contributed by atoms with E-state index in [1.807, 2.05) is 25.1 Å². The van der Waals surface area contributed by atoms with Crippen LogP contribution in [0.15, 0.2) is 30.3 Å². The first-order chi connectivity index (χ1) is 10.2. The molecule has 1 atom stereocenters. The quantitative estimate of drug-likeness (QED) is 0.768. The topological polar surface area (TPSA) is 64.3 Å². The van der Waals surface area contributed by atoms with Crippen LogP contribution < -0.4 is 11.1 Å². The van der Waals surface area contributed by atoms with E-state index < -0.39 is 0 Å². The summed E-state index contributed by atoms with van der Waals surface area (Å²) in [6, 6.07) is 10.1. The third-order valence-corrected chi connectivity index (χ3v) is 4.04. The number of carbonyl (C=O) groups excluding carboxylic acids is 1. The smallest absolute Gasteiger partial charge is 0.220 e. The van der Waals surface area contributed by atoms with Crippen LogP contribution in [-0.2, 0) is 16.0 Å². The second kappa shape index (κ2) is 8.15. The number of ether oxygens (including phenoxy) is 1. The Morgan fingerprint density at radius 1 is 1.38 bits per heavy atom. The van der Waals surface area contributed by atoms with Gasteiger partial charge >= 0.3 is 0 Å². The Hall–Kier alpha value is -1.39. The first-order valence-electron chi connectivity index (χ1n) is 7.86. The fourth-order valence-corrected chi connectivity index (χ4v) is 2.85. The molecule has 4 nitrogen and oxygen atoms in total. The maximum atomic E-state index is 12.1. The molecule has 1 aromatic rings. The molecule has 2 rings (SSSR count). The fraction of sp³-hybridized carbons (Fsp3) is 0.588. The van der Waals surface area contributed by atoms with Crippen molar-refractivity contribution in [1.29, 1.82) is 0 Å². The Bertz CT molecular complexity index is 430. The van der Waals surface area contributed by atoms with Gasteiger partial charge in [-0.1, -0.05) is 30.3 Å².